The van der Waals surface area contributed by atoms with E-state index in [-0.39, 0.29) is 22.4 Å². The van der Waals surface area contributed by atoms with E-state index in [1.54, 1.807) is 41.3 Å². The van der Waals surface area contributed by atoms with Crippen LogP contribution in [0.5, 0.6) is 0 Å². The Morgan fingerprint density at radius 2 is 1.56 bits per heavy atom. The predicted molar refractivity (Wildman–Crippen MR) is 40.2 cm³/mol. The van der Waals surface area contributed by atoms with Crippen LogP contribution in [0.1, 0.15) is 0 Å². The van der Waals surface area contributed by atoms with Crippen molar-refractivity contribution in [1.82, 2.24) is 9.97 Å². The third-order valence-electron chi connectivity index (χ3n) is 0.478. The third-order valence-corrected chi connectivity index (χ3v) is 0.478. The molecule has 3 nitrogen and oxygen atoms in total. The Morgan fingerprint density at radius 3 is 1.67 bits per heavy atom. The van der Waals surface area contributed by atoms with Crippen LogP contribution in [0.4, 0.5) is 0 Å². The molecule has 0 atom stereocenters. The van der Waals surface area contributed by atoms with Gasteiger partial charge < -0.3 is 0 Å². The van der Waals surface area contributed by atoms with Crippen LogP contribution in [0.2, 0.25) is 0 Å². The van der Waals surface area contributed by atoms with Gasteiger partial charge in [0.05, 0.1) is 0 Å². The quantitative estimate of drug-likeness (QED) is 0.434. The first kappa shape index (κ1) is 12.2. The monoisotopic (exact) mass is 330 g/mol. The molecule has 9 heavy (non-hydrogen) atoms. The van der Waals surface area contributed by atoms with Crippen LogP contribution in [-0.4, -0.2) is 9.97 Å². The van der Waals surface area contributed by atoms with Crippen LogP contribution in [0.25, 0.3) is 0 Å². The van der Waals surface area contributed by atoms with Gasteiger partial charge in [0.25, 0.3) is 0 Å². The zero-order valence-corrected chi connectivity index (χ0v) is 8.10. The number of hydrogen-bond donors (Lipinski definition) is 1. The van der Waals surface area contributed by atoms with Crippen LogP contribution >= 0.6 is 22.9 Å². The fourth-order valence-corrected chi connectivity index (χ4v) is 0.253. The van der Waals surface area contributed by atoms with Crippen molar-refractivity contribution in [2.75, 3.05) is 0 Å². The Morgan fingerprint density at radius 1 is 1.11 bits per heavy atom. The molecule has 0 bridgehead atoms. The molecule has 0 spiro atoms. The molecule has 54 valence electrons. The van der Waals surface area contributed by atoms with Crippen molar-refractivity contribution in [1.29, 1.82) is 0 Å². The summed E-state index contributed by atoms with van der Waals surface area (Å²) in [5, 5.41) is 0. The normalized spacial score (nSPS) is 6.00. The summed E-state index contributed by atoms with van der Waals surface area (Å²) >= 11 is 1.65. The first-order valence-electron chi connectivity index (χ1n) is 1.92. The Hall–Kier alpha value is 0.510. The van der Waals surface area contributed by atoms with Gasteiger partial charge in [-0.1, -0.05) is 0 Å². The average Bonchev–Trinajstić information content (AvgIpc) is 1.96. The maximum absolute atomic E-state index is 4.47. The molecule has 0 aliphatic heterocycles. The molecule has 1 aromatic rings. The molecule has 0 saturated carbocycles. The number of nitrogens with two attached hydrogens (primary N) is 1. The van der Waals surface area contributed by atoms with Gasteiger partial charge in [0.15, 0.2) is 0 Å². The molecule has 1 heterocycles. The van der Waals surface area contributed by atoms with Gasteiger partial charge in [-0.25, -0.2) is 9.97 Å². The van der Waals surface area contributed by atoms with E-state index in [1.165, 1.54) is 6.33 Å². The molecule has 0 aliphatic rings. The Bertz CT molecular complexity index is 87.7. The Labute approximate surface area is 83.5 Å². The summed E-state index contributed by atoms with van der Waals surface area (Å²) in [6.07, 6.45) is 4.88. The summed E-state index contributed by atoms with van der Waals surface area (Å²) < 4.78 is 4.47. The van der Waals surface area contributed by atoms with E-state index in [1.807, 2.05) is 0 Å². The Kier molecular flexibility index (Phi) is 15.4. The topological polar surface area (TPSA) is 51.8 Å². The van der Waals surface area contributed by atoms with Crippen molar-refractivity contribution in [2.45, 2.75) is 0 Å². The van der Waals surface area contributed by atoms with Gasteiger partial charge in [-0.05, 0) is 6.07 Å². The van der Waals surface area contributed by atoms with Gasteiger partial charge in [-0.3, -0.25) is 3.95 Å². The summed E-state index contributed by atoms with van der Waals surface area (Å²) in [6.45, 7) is 0. The van der Waals surface area contributed by atoms with E-state index in [2.05, 4.69) is 13.9 Å². The van der Waals surface area contributed by atoms with Gasteiger partial charge in [-0.2, -0.15) is 0 Å². The predicted octanol–water partition coefficient (Wildman–Crippen LogP) is 0.769. The SMILES string of the molecule is NI.[Ag+].c1cncnc1. The van der Waals surface area contributed by atoms with Gasteiger partial charge in [0.1, 0.15) is 6.33 Å². The van der Waals surface area contributed by atoms with Crippen LogP contribution in [0.3, 0.4) is 0 Å². The van der Waals surface area contributed by atoms with Crippen LogP contribution < -0.4 is 3.95 Å². The molecule has 0 saturated heterocycles. The number of aromatic nitrogens is 2. The largest absolute Gasteiger partial charge is 1.00 e. The molecular formula is C4H6AgIN3+. The summed E-state index contributed by atoms with van der Waals surface area (Å²) in [4.78, 5) is 7.35. The molecule has 0 unspecified atom stereocenters. The van der Waals surface area contributed by atoms with Crippen molar-refractivity contribution < 1.29 is 22.4 Å². The fraction of sp³-hybridized carbons (Fsp3) is 0. The number of halogens is 1. The molecule has 0 aliphatic carbocycles. The second-order valence-electron chi connectivity index (χ2n) is 0.904. The second kappa shape index (κ2) is 11.3. The molecule has 0 amide bonds. The van der Waals surface area contributed by atoms with Crippen LogP contribution in [-0.2, 0) is 22.4 Å². The molecule has 2 N–H and O–H groups in total. The molecule has 0 aromatic carbocycles. The molecular weight excluding hydrogens is 325 g/mol. The van der Waals surface area contributed by atoms with E-state index >= 15 is 0 Å². The smallest absolute Gasteiger partial charge is 0.275 e. The van der Waals surface area contributed by atoms with E-state index in [0.717, 1.165) is 0 Å². The summed E-state index contributed by atoms with van der Waals surface area (Å²) in [7, 11) is 0. The van der Waals surface area contributed by atoms with Gasteiger partial charge in [0, 0.05) is 35.3 Å². The van der Waals surface area contributed by atoms with Crippen molar-refractivity contribution in [3.8, 4) is 0 Å². The first-order chi connectivity index (χ1) is 4.00. The van der Waals surface area contributed by atoms with E-state index in [4.69, 9.17) is 0 Å². The zero-order chi connectivity index (χ0) is 6.24. The average molecular weight is 331 g/mol. The van der Waals surface area contributed by atoms with Gasteiger partial charge in [0.2, 0.25) is 0 Å². The number of hydrogen-bond acceptors (Lipinski definition) is 3. The zero-order valence-electron chi connectivity index (χ0n) is 4.46. The standard InChI is InChI=1S/C4H4N2.Ag.H2IN/c1-2-5-4-6-3-1;;1-2/h1-4H;;2H2/q;+1;. The van der Waals surface area contributed by atoms with Crippen molar-refractivity contribution in [3.63, 3.8) is 0 Å². The van der Waals surface area contributed by atoms with Crippen molar-refractivity contribution >= 4 is 22.9 Å². The summed E-state index contributed by atoms with van der Waals surface area (Å²) in [5.41, 5.74) is 0. The minimum Gasteiger partial charge on any atom is -0.275 e. The van der Waals surface area contributed by atoms with Crippen molar-refractivity contribution in [2.24, 2.45) is 3.95 Å². The van der Waals surface area contributed by atoms with Crippen molar-refractivity contribution in [3.05, 3.63) is 24.8 Å². The molecule has 1 aromatic heterocycles. The van der Waals surface area contributed by atoms with E-state index in [9.17, 15) is 0 Å². The molecule has 1 rings (SSSR count). The summed E-state index contributed by atoms with van der Waals surface area (Å²) in [5.74, 6) is 0. The van der Waals surface area contributed by atoms with Gasteiger partial charge in [-0.15, -0.1) is 0 Å². The Balaban J connectivity index is 0. The first-order valence-corrected chi connectivity index (χ1v) is 3.16. The molecule has 0 radical (unpaired) electrons. The fourth-order valence-electron chi connectivity index (χ4n) is 0.253. The van der Waals surface area contributed by atoms with Gasteiger partial charge >= 0.3 is 22.4 Å². The van der Waals surface area contributed by atoms with Crippen LogP contribution in [0.15, 0.2) is 24.8 Å². The third kappa shape index (κ3) is 8.51. The molecule has 5 heteroatoms. The van der Waals surface area contributed by atoms with Crippen LogP contribution in [0, 0.1) is 0 Å². The number of rotatable bonds is 0. The minimum absolute atomic E-state index is 0. The molecule has 0 fully saturated rings. The summed E-state index contributed by atoms with van der Waals surface area (Å²) in [6, 6.07) is 1.78. The number of nitrogens with zero attached hydrogens (tertiary/aromatic N) is 2. The van der Waals surface area contributed by atoms with E-state index < -0.39 is 0 Å². The maximum atomic E-state index is 4.47. The second-order valence-corrected chi connectivity index (χ2v) is 0.904. The minimum atomic E-state index is 0. The van der Waals surface area contributed by atoms with E-state index in [0.29, 0.717) is 0 Å². The maximum Gasteiger partial charge on any atom is 1.00 e.